The maximum atomic E-state index is 11.8. The maximum Gasteiger partial charge on any atom is 0.243 e. The van der Waals surface area contributed by atoms with E-state index in [1.165, 1.54) is 21.4 Å². The predicted molar refractivity (Wildman–Crippen MR) is 124 cm³/mol. The molecule has 1 aromatic heterocycles. The first kappa shape index (κ1) is 23.0. The number of likely N-dealkylation sites (N-methyl/N-ethyl adjacent to an activating group) is 1. The van der Waals surface area contributed by atoms with Gasteiger partial charge in [-0.05, 0) is 37.5 Å². The van der Waals surface area contributed by atoms with Crippen molar-refractivity contribution in [3.8, 4) is 0 Å². The third-order valence-electron chi connectivity index (χ3n) is 4.11. The topological polar surface area (TPSA) is 72.5 Å². The molecule has 0 atom stereocenters. The molecular formula is C20H30IN5O. The van der Waals surface area contributed by atoms with Crippen LogP contribution in [0, 0.1) is 6.92 Å². The second-order valence-corrected chi connectivity index (χ2v) is 6.75. The molecule has 0 aliphatic heterocycles. The maximum absolute atomic E-state index is 11.8. The van der Waals surface area contributed by atoms with Crippen LogP contribution in [-0.2, 0) is 11.2 Å². The molecule has 1 aromatic carbocycles. The molecule has 0 fully saturated rings. The highest BCUT2D eigenvalue weighted by atomic mass is 127. The minimum Gasteiger partial charge on any atom is -0.361 e. The summed E-state index contributed by atoms with van der Waals surface area (Å²) in [6, 6.07) is 6.28. The number of amides is 1. The Morgan fingerprint density at radius 2 is 2.04 bits per heavy atom. The largest absolute Gasteiger partial charge is 0.361 e. The molecule has 1 amide bonds. The summed E-state index contributed by atoms with van der Waals surface area (Å²) in [6.45, 7) is 9.42. The number of carbonyl (C=O) groups excluding carboxylic acids is 1. The number of aromatic nitrogens is 1. The van der Waals surface area contributed by atoms with Gasteiger partial charge in [0, 0.05) is 44.3 Å². The number of hydrogen-bond donors (Lipinski definition) is 3. The van der Waals surface area contributed by atoms with Crippen molar-refractivity contribution in [3.63, 3.8) is 0 Å². The van der Waals surface area contributed by atoms with E-state index in [1.807, 2.05) is 6.92 Å². The molecule has 27 heavy (non-hydrogen) atoms. The molecule has 148 valence electrons. The number of rotatable bonds is 7. The smallest absolute Gasteiger partial charge is 0.243 e. The number of nitrogens with zero attached hydrogens (tertiary/aromatic N) is 2. The first-order chi connectivity index (χ1) is 12.4. The van der Waals surface area contributed by atoms with E-state index in [1.54, 1.807) is 14.1 Å². The number of aliphatic imine (C=N–C) groups is 1. The van der Waals surface area contributed by atoms with Crippen molar-refractivity contribution in [1.29, 1.82) is 0 Å². The van der Waals surface area contributed by atoms with Crippen LogP contribution in [0.15, 0.2) is 41.5 Å². The quantitative estimate of drug-likeness (QED) is 0.246. The summed E-state index contributed by atoms with van der Waals surface area (Å²) < 4.78 is 0. The van der Waals surface area contributed by atoms with Crippen molar-refractivity contribution in [1.82, 2.24) is 20.5 Å². The van der Waals surface area contributed by atoms with Crippen LogP contribution in [0.1, 0.15) is 18.1 Å². The highest BCUT2D eigenvalue weighted by Crippen LogP contribution is 2.22. The summed E-state index contributed by atoms with van der Waals surface area (Å²) in [5, 5.41) is 7.79. The number of guanidine groups is 1. The van der Waals surface area contributed by atoms with Gasteiger partial charge in [-0.1, -0.05) is 24.3 Å². The van der Waals surface area contributed by atoms with E-state index < -0.39 is 0 Å². The fourth-order valence-electron chi connectivity index (χ4n) is 2.66. The van der Waals surface area contributed by atoms with Gasteiger partial charge in [-0.3, -0.25) is 4.79 Å². The molecule has 0 unspecified atom stereocenters. The van der Waals surface area contributed by atoms with E-state index in [-0.39, 0.29) is 36.4 Å². The lowest BCUT2D eigenvalue weighted by atomic mass is 10.1. The number of H-pyrrole nitrogens is 1. The highest BCUT2D eigenvalue weighted by molar-refractivity contribution is 14.0. The summed E-state index contributed by atoms with van der Waals surface area (Å²) in [6.07, 6.45) is 2.92. The Hall–Kier alpha value is -2.03. The fraction of sp³-hybridized carbons (Fsp3) is 0.400. The Morgan fingerprint density at radius 1 is 1.30 bits per heavy atom. The number of benzene rings is 1. The van der Waals surface area contributed by atoms with Crippen molar-refractivity contribution < 1.29 is 4.79 Å². The van der Waals surface area contributed by atoms with Gasteiger partial charge in [-0.15, -0.1) is 24.0 Å². The summed E-state index contributed by atoms with van der Waals surface area (Å²) in [7, 11) is 3.46. The summed E-state index contributed by atoms with van der Waals surface area (Å²) in [5.74, 6) is 0.591. The van der Waals surface area contributed by atoms with Crippen LogP contribution in [0.25, 0.3) is 10.9 Å². The van der Waals surface area contributed by atoms with Crippen LogP contribution < -0.4 is 10.6 Å². The molecule has 3 N–H and O–H groups in total. The first-order valence-electron chi connectivity index (χ1n) is 8.80. The third kappa shape index (κ3) is 6.89. The van der Waals surface area contributed by atoms with Gasteiger partial charge in [-0.25, -0.2) is 4.99 Å². The average molecular weight is 483 g/mol. The predicted octanol–water partition coefficient (Wildman–Crippen LogP) is 2.84. The lowest BCUT2D eigenvalue weighted by Gasteiger charge is -2.14. The van der Waals surface area contributed by atoms with Crippen molar-refractivity contribution in [2.75, 3.05) is 33.7 Å². The van der Waals surface area contributed by atoms with Gasteiger partial charge in [-0.2, -0.15) is 0 Å². The molecule has 0 radical (unpaired) electrons. The van der Waals surface area contributed by atoms with Crippen LogP contribution in [0.3, 0.4) is 0 Å². The normalized spacial score (nSPS) is 11.0. The van der Waals surface area contributed by atoms with E-state index in [9.17, 15) is 4.79 Å². The zero-order valence-electron chi connectivity index (χ0n) is 16.6. The number of carbonyl (C=O) groups is 1. The Morgan fingerprint density at radius 3 is 2.70 bits per heavy atom. The zero-order valence-corrected chi connectivity index (χ0v) is 18.9. The van der Waals surface area contributed by atoms with Gasteiger partial charge >= 0.3 is 0 Å². The van der Waals surface area contributed by atoms with Gasteiger partial charge in [0.2, 0.25) is 5.91 Å². The molecule has 1 heterocycles. The number of fused-ring (bicyclic) bond motifs is 1. The molecule has 0 bridgehead atoms. The van der Waals surface area contributed by atoms with Crippen molar-refractivity contribution in [2.45, 2.75) is 20.3 Å². The minimum atomic E-state index is -0.0336. The van der Waals surface area contributed by atoms with E-state index in [2.05, 4.69) is 58.5 Å². The summed E-state index contributed by atoms with van der Waals surface area (Å²) in [5.41, 5.74) is 4.70. The second kappa shape index (κ2) is 11.0. The monoisotopic (exact) mass is 483 g/mol. The SMILES string of the molecule is C=C(C)CNC(=NCC(=O)N(C)C)NCCc1c[nH]c2cccc(C)c12.I. The highest BCUT2D eigenvalue weighted by Gasteiger charge is 2.07. The Bertz CT molecular complexity index is 810. The number of nitrogens with one attached hydrogen (secondary N) is 3. The number of aryl methyl sites for hydroxylation is 1. The molecule has 0 spiro atoms. The molecule has 7 heteroatoms. The van der Waals surface area contributed by atoms with E-state index in [0.29, 0.717) is 12.5 Å². The van der Waals surface area contributed by atoms with Crippen LogP contribution >= 0.6 is 24.0 Å². The Kier molecular flexibility index (Phi) is 9.34. The molecular weight excluding hydrogens is 453 g/mol. The van der Waals surface area contributed by atoms with Crippen LogP contribution in [-0.4, -0.2) is 55.5 Å². The molecule has 6 nitrogen and oxygen atoms in total. The van der Waals surface area contributed by atoms with Crippen molar-refractivity contribution in [3.05, 3.63) is 47.7 Å². The van der Waals surface area contributed by atoms with Crippen LogP contribution in [0.4, 0.5) is 0 Å². The third-order valence-corrected chi connectivity index (χ3v) is 4.11. The van der Waals surface area contributed by atoms with Gasteiger partial charge in [0.1, 0.15) is 6.54 Å². The second-order valence-electron chi connectivity index (χ2n) is 6.75. The Balaban J connectivity index is 0.00000364. The van der Waals surface area contributed by atoms with Gasteiger partial charge in [0.15, 0.2) is 5.96 Å². The summed E-state index contributed by atoms with van der Waals surface area (Å²) in [4.78, 5) is 21.0. The number of hydrogen-bond acceptors (Lipinski definition) is 2. The molecule has 2 aromatic rings. The van der Waals surface area contributed by atoms with Gasteiger partial charge in [0.25, 0.3) is 0 Å². The average Bonchev–Trinajstić information content (AvgIpc) is 3.00. The molecule has 2 rings (SSSR count). The van der Waals surface area contributed by atoms with E-state index in [0.717, 1.165) is 24.1 Å². The number of halogens is 1. The van der Waals surface area contributed by atoms with Gasteiger partial charge < -0.3 is 20.5 Å². The first-order valence-corrected chi connectivity index (χ1v) is 8.80. The molecule has 0 aliphatic carbocycles. The van der Waals surface area contributed by atoms with Crippen LogP contribution in [0.2, 0.25) is 0 Å². The lowest BCUT2D eigenvalue weighted by molar-refractivity contribution is -0.127. The fourth-order valence-corrected chi connectivity index (χ4v) is 2.66. The molecule has 0 saturated carbocycles. The molecule has 0 saturated heterocycles. The van der Waals surface area contributed by atoms with Crippen molar-refractivity contribution in [2.24, 2.45) is 4.99 Å². The van der Waals surface area contributed by atoms with E-state index >= 15 is 0 Å². The van der Waals surface area contributed by atoms with Crippen LogP contribution in [0.5, 0.6) is 0 Å². The Labute approximate surface area is 178 Å². The number of aromatic amines is 1. The minimum absolute atomic E-state index is 0. The zero-order chi connectivity index (χ0) is 19.1. The van der Waals surface area contributed by atoms with Gasteiger partial charge in [0.05, 0.1) is 0 Å². The van der Waals surface area contributed by atoms with Crippen molar-refractivity contribution >= 4 is 46.7 Å². The standard InChI is InChI=1S/C20H29N5O.HI/c1-14(2)11-23-20(24-13-18(26)25(4)5)21-10-9-16-12-22-17-8-6-7-15(3)19(16)17;/h6-8,12,22H,1,9-11,13H2,2-5H3,(H2,21,23,24);1H. The van der Waals surface area contributed by atoms with E-state index in [4.69, 9.17) is 0 Å². The molecule has 0 aliphatic rings. The summed E-state index contributed by atoms with van der Waals surface area (Å²) >= 11 is 0. The lowest BCUT2D eigenvalue weighted by Crippen LogP contribution is -2.40.